The number of nitro groups is 1. The minimum absolute atomic E-state index is 0.0181. The van der Waals surface area contributed by atoms with Crippen molar-refractivity contribution >= 4 is 28.1 Å². The van der Waals surface area contributed by atoms with Gasteiger partial charge in [-0.2, -0.15) is 0 Å². The summed E-state index contributed by atoms with van der Waals surface area (Å²) in [5.41, 5.74) is 0.659. The molecular weight excluding hydrogens is 272 g/mol. The smallest absolute Gasteiger partial charge is 0.277 e. The summed E-state index contributed by atoms with van der Waals surface area (Å²) in [6.45, 7) is 3.85. The normalized spacial score (nSPS) is 10.6. The van der Waals surface area contributed by atoms with E-state index in [0.29, 0.717) is 16.5 Å². The first-order chi connectivity index (χ1) is 9.99. The molecule has 2 N–H and O–H groups in total. The van der Waals surface area contributed by atoms with Crippen LogP contribution in [0.3, 0.4) is 0 Å². The highest BCUT2D eigenvalue weighted by Gasteiger charge is 2.14. The van der Waals surface area contributed by atoms with E-state index in [1.54, 1.807) is 18.3 Å². The SMILES string of the molecule is CC(C)NC(=O)CNc1ccc([N+](=O)[O-])c2ccncc12. The minimum Gasteiger partial charge on any atom is -0.376 e. The topological polar surface area (TPSA) is 97.2 Å². The summed E-state index contributed by atoms with van der Waals surface area (Å²) in [7, 11) is 0. The monoisotopic (exact) mass is 288 g/mol. The van der Waals surface area contributed by atoms with Crippen LogP contribution < -0.4 is 10.6 Å². The number of non-ortho nitro benzene ring substituents is 1. The molecule has 2 aromatic rings. The second-order valence-corrected chi connectivity index (χ2v) is 4.89. The fourth-order valence-electron chi connectivity index (χ4n) is 2.04. The van der Waals surface area contributed by atoms with Crippen molar-refractivity contribution in [2.75, 3.05) is 11.9 Å². The average Bonchev–Trinajstić information content (AvgIpc) is 2.43. The van der Waals surface area contributed by atoms with Gasteiger partial charge in [0.05, 0.1) is 16.9 Å². The van der Waals surface area contributed by atoms with E-state index in [2.05, 4.69) is 15.6 Å². The van der Waals surface area contributed by atoms with Crippen LogP contribution in [0, 0.1) is 10.1 Å². The predicted molar refractivity (Wildman–Crippen MR) is 80.2 cm³/mol. The summed E-state index contributed by atoms with van der Waals surface area (Å²) < 4.78 is 0. The molecule has 0 unspecified atom stereocenters. The molecule has 2 rings (SSSR count). The van der Waals surface area contributed by atoms with E-state index >= 15 is 0 Å². The van der Waals surface area contributed by atoms with Gasteiger partial charge in [-0.15, -0.1) is 0 Å². The van der Waals surface area contributed by atoms with Gasteiger partial charge in [0, 0.05) is 35.6 Å². The number of benzene rings is 1. The Bertz CT molecular complexity index is 685. The van der Waals surface area contributed by atoms with Crippen molar-refractivity contribution in [1.82, 2.24) is 10.3 Å². The molecule has 7 nitrogen and oxygen atoms in total. The van der Waals surface area contributed by atoms with E-state index in [9.17, 15) is 14.9 Å². The molecular formula is C14H16N4O3. The molecule has 0 fully saturated rings. The van der Waals surface area contributed by atoms with Crippen molar-refractivity contribution in [3.63, 3.8) is 0 Å². The van der Waals surface area contributed by atoms with E-state index in [1.165, 1.54) is 12.3 Å². The van der Waals surface area contributed by atoms with Gasteiger partial charge >= 0.3 is 0 Å². The number of fused-ring (bicyclic) bond motifs is 1. The van der Waals surface area contributed by atoms with Gasteiger partial charge in [0.2, 0.25) is 5.91 Å². The van der Waals surface area contributed by atoms with Crippen LogP contribution in [-0.2, 0) is 4.79 Å². The lowest BCUT2D eigenvalue weighted by molar-refractivity contribution is -0.383. The first-order valence-corrected chi connectivity index (χ1v) is 6.53. The largest absolute Gasteiger partial charge is 0.376 e. The fraction of sp³-hybridized carbons (Fsp3) is 0.286. The third-order valence-corrected chi connectivity index (χ3v) is 2.88. The van der Waals surface area contributed by atoms with E-state index in [1.807, 2.05) is 13.8 Å². The molecule has 0 saturated carbocycles. The molecule has 0 aliphatic carbocycles. The number of nitro benzene ring substituents is 1. The highest BCUT2D eigenvalue weighted by molar-refractivity contribution is 5.99. The van der Waals surface area contributed by atoms with Crippen molar-refractivity contribution in [3.05, 3.63) is 40.7 Å². The second-order valence-electron chi connectivity index (χ2n) is 4.89. The van der Waals surface area contributed by atoms with Gasteiger partial charge in [0.25, 0.3) is 5.69 Å². The zero-order chi connectivity index (χ0) is 15.4. The van der Waals surface area contributed by atoms with Gasteiger partial charge in [-0.3, -0.25) is 19.9 Å². The number of carbonyl (C=O) groups is 1. The summed E-state index contributed by atoms with van der Waals surface area (Å²) in [5, 5.41) is 17.9. The first-order valence-electron chi connectivity index (χ1n) is 6.53. The summed E-state index contributed by atoms with van der Waals surface area (Å²) >= 11 is 0. The summed E-state index contributed by atoms with van der Waals surface area (Å²) in [6, 6.07) is 4.66. The van der Waals surface area contributed by atoms with Crippen molar-refractivity contribution in [1.29, 1.82) is 0 Å². The Morgan fingerprint density at radius 3 is 2.76 bits per heavy atom. The number of anilines is 1. The van der Waals surface area contributed by atoms with Crippen LogP contribution in [0.4, 0.5) is 11.4 Å². The third-order valence-electron chi connectivity index (χ3n) is 2.88. The Kier molecular flexibility index (Phi) is 4.32. The number of hydrogen-bond acceptors (Lipinski definition) is 5. The number of carbonyl (C=O) groups excluding carboxylic acids is 1. The maximum atomic E-state index is 11.6. The third kappa shape index (κ3) is 3.44. The van der Waals surface area contributed by atoms with Gasteiger partial charge in [-0.1, -0.05) is 0 Å². The van der Waals surface area contributed by atoms with Crippen LogP contribution in [0.15, 0.2) is 30.6 Å². The van der Waals surface area contributed by atoms with E-state index in [-0.39, 0.29) is 24.2 Å². The number of rotatable bonds is 5. The highest BCUT2D eigenvalue weighted by Crippen LogP contribution is 2.30. The maximum Gasteiger partial charge on any atom is 0.277 e. The average molecular weight is 288 g/mol. The Labute approximate surface area is 121 Å². The number of hydrogen-bond donors (Lipinski definition) is 2. The number of nitrogens with one attached hydrogen (secondary N) is 2. The van der Waals surface area contributed by atoms with Gasteiger partial charge in [-0.05, 0) is 26.0 Å². The lowest BCUT2D eigenvalue weighted by atomic mass is 10.1. The molecule has 0 spiro atoms. The van der Waals surface area contributed by atoms with Gasteiger partial charge in [0.15, 0.2) is 0 Å². The van der Waals surface area contributed by atoms with Crippen LogP contribution >= 0.6 is 0 Å². The van der Waals surface area contributed by atoms with Gasteiger partial charge in [-0.25, -0.2) is 0 Å². The standard InChI is InChI=1S/C14H16N4O3/c1-9(2)17-14(19)8-16-12-3-4-13(18(20)21)10-5-6-15-7-11(10)12/h3-7,9,16H,8H2,1-2H3,(H,17,19). The van der Waals surface area contributed by atoms with Crippen LogP contribution in [-0.4, -0.2) is 28.4 Å². The van der Waals surface area contributed by atoms with Crippen LogP contribution in [0.1, 0.15) is 13.8 Å². The molecule has 1 aromatic carbocycles. The molecule has 1 heterocycles. The quantitative estimate of drug-likeness (QED) is 0.648. The number of pyridine rings is 1. The summed E-state index contributed by atoms with van der Waals surface area (Å²) in [6.07, 6.45) is 3.05. The Hall–Kier alpha value is -2.70. The molecule has 21 heavy (non-hydrogen) atoms. The Morgan fingerprint density at radius 1 is 1.33 bits per heavy atom. The van der Waals surface area contributed by atoms with Crippen molar-refractivity contribution in [3.8, 4) is 0 Å². The Morgan fingerprint density at radius 2 is 2.10 bits per heavy atom. The van der Waals surface area contributed by atoms with Crippen LogP contribution in [0.2, 0.25) is 0 Å². The maximum absolute atomic E-state index is 11.6. The molecule has 1 aromatic heterocycles. The first kappa shape index (κ1) is 14.7. The zero-order valence-electron chi connectivity index (χ0n) is 11.8. The molecule has 0 atom stereocenters. The van der Waals surface area contributed by atoms with Crippen LogP contribution in [0.5, 0.6) is 0 Å². The van der Waals surface area contributed by atoms with Crippen molar-refractivity contribution in [2.24, 2.45) is 0 Å². The predicted octanol–water partition coefficient (Wildman–Crippen LogP) is 2.08. The second kappa shape index (κ2) is 6.17. The highest BCUT2D eigenvalue weighted by atomic mass is 16.6. The molecule has 0 saturated heterocycles. The number of aromatic nitrogens is 1. The summed E-state index contributed by atoms with van der Waals surface area (Å²) in [4.78, 5) is 26.2. The molecule has 7 heteroatoms. The molecule has 0 radical (unpaired) electrons. The van der Waals surface area contributed by atoms with E-state index in [4.69, 9.17) is 0 Å². The number of nitrogens with zero attached hydrogens (tertiary/aromatic N) is 2. The van der Waals surface area contributed by atoms with Crippen LogP contribution in [0.25, 0.3) is 10.8 Å². The molecule has 0 bridgehead atoms. The van der Waals surface area contributed by atoms with E-state index < -0.39 is 4.92 Å². The van der Waals surface area contributed by atoms with Gasteiger partial charge < -0.3 is 10.6 Å². The molecule has 0 aliphatic heterocycles. The molecule has 1 amide bonds. The summed E-state index contributed by atoms with van der Waals surface area (Å²) in [5.74, 6) is -0.139. The Balaban J connectivity index is 2.27. The zero-order valence-corrected chi connectivity index (χ0v) is 11.8. The van der Waals surface area contributed by atoms with E-state index in [0.717, 1.165) is 0 Å². The molecule has 110 valence electrons. The fourth-order valence-corrected chi connectivity index (χ4v) is 2.04. The van der Waals surface area contributed by atoms with Gasteiger partial charge in [0.1, 0.15) is 0 Å². The molecule has 0 aliphatic rings. The minimum atomic E-state index is -0.433. The number of amides is 1. The van der Waals surface area contributed by atoms with Crippen molar-refractivity contribution in [2.45, 2.75) is 19.9 Å². The van der Waals surface area contributed by atoms with Crippen molar-refractivity contribution < 1.29 is 9.72 Å². The lowest BCUT2D eigenvalue weighted by Crippen LogP contribution is -2.34. The lowest BCUT2D eigenvalue weighted by Gasteiger charge is -2.11.